The van der Waals surface area contributed by atoms with Crippen molar-refractivity contribution in [2.75, 3.05) is 0 Å². The third-order valence-corrected chi connectivity index (χ3v) is 2.45. The van der Waals surface area contributed by atoms with Crippen LogP contribution in [-0.4, -0.2) is 21.1 Å². The molecule has 0 bridgehead atoms. The molecule has 0 aromatic carbocycles. The smallest absolute Gasteiger partial charge is 0.161 e. The van der Waals surface area contributed by atoms with Gasteiger partial charge in [-0.15, -0.1) is 11.3 Å². The van der Waals surface area contributed by atoms with E-state index in [0.29, 0.717) is 11.4 Å². The van der Waals surface area contributed by atoms with Crippen LogP contribution in [0.25, 0.3) is 0 Å². The van der Waals surface area contributed by atoms with Crippen LogP contribution in [0.3, 0.4) is 0 Å². The largest absolute Gasteiger partial charge is 0.297 e. The van der Waals surface area contributed by atoms with Crippen molar-refractivity contribution in [2.45, 2.75) is 6.54 Å². The molecule has 0 aliphatic rings. The fraction of sp³-hybridized carbons (Fsp3) is 0.125. The number of aldehydes is 1. The van der Waals surface area contributed by atoms with Gasteiger partial charge in [-0.2, -0.15) is 5.10 Å². The van der Waals surface area contributed by atoms with Crippen LogP contribution in [0.1, 0.15) is 14.7 Å². The first-order valence-corrected chi connectivity index (χ1v) is 4.57. The minimum absolute atomic E-state index is 0.630. The highest BCUT2D eigenvalue weighted by atomic mass is 32.1. The molecule has 0 amide bonds. The van der Waals surface area contributed by atoms with Gasteiger partial charge in [0.2, 0.25) is 0 Å². The molecule has 0 atom stereocenters. The Balaban J connectivity index is 2.14. The van der Waals surface area contributed by atoms with Crippen LogP contribution < -0.4 is 0 Å². The Labute approximate surface area is 78.8 Å². The normalized spacial score (nSPS) is 10.2. The molecule has 0 N–H and O–H groups in total. The Morgan fingerprint density at radius 1 is 1.62 bits per heavy atom. The third-order valence-electron chi connectivity index (χ3n) is 1.54. The van der Waals surface area contributed by atoms with Crippen LogP contribution >= 0.6 is 11.3 Å². The van der Waals surface area contributed by atoms with Crippen molar-refractivity contribution in [3.8, 4) is 0 Å². The molecule has 0 radical (unpaired) electrons. The summed E-state index contributed by atoms with van der Waals surface area (Å²) in [7, 11) is 0. The van der Waals surface area contributed by atoms with Crippen LogP contribution in [0.15, 0.2) is 24.7 Å². The molecule has 2 heterocycles. The molecule has 2 rings (SSSR count). The number of aromatic nitrogens is 3. The monoisotopic (exact) mass is 193 g/mol. The molecule has 0 aliphatic heterocycles. The van der Waals surface area contributed by atoms with E-state index in [1.165, 1.54) is 11.3 Å². The summed E-state index contributed by atoms with van der Waals surface area (Å²) < 4.78 is 1.77. The highest BCUT2D eigenvalue weighted by Gasteiger charge is 2.01. The zero-order valence-corrected chi connectivity index (χ0v) is 7.57. The number of rotatable bonds is 3. The molecule has 66 valence electrons. The Kier molecular flexibility index (Phi) is 2.18. The van der Waals surface area contributed by atoms with Gasteiger partial charge in [-0.3, -0.25) is 9.48 Å². The number of carbonyl (C=O) groups excluding carboxylic acids is 1. The van der Waals surface area contributed by atoms with E-state index in [1.54, 1.807) is 17.1 Å². The molecule has 5 heteroatoms. The quantitative estimate of drug-likeness (QED) is 0.688. The fourth-order valence-corrected chi connectivity index (χ4v) is 1.71. The molecule has 0 unspecified atom stereocenters. The van der Waals surface area contributed by atoms with Gasteiger partial charge in [0.05, 0.1) is 11.4 Å². The molecule has 0 fully saturated rings. The van der Waals surface area contributed by atoms with Gasteiger partial charge in [-0.1, -0.05) is 0 Å². The summed E-state index contributed by atoms with van der Waals surface area (Å²) in [6, 6.07) is 1.86. The van der Waals surface area contributed by atoms with Crippen LogP contribution in [0.2, 0.25) is 0 Å². The van der Waals surface area contributed by atoms with Crippen molar-refractivity contribution in [3.05, 3.63) is 34.5 Å². The van der Waals surface area contributed by atoms with Crippen LogP contribution in [0, 0.1) is 0 Å². The average molecular weight is 193 g/mol. The maximum Gasteiger partial charge on any atom is 0.161 e. The van der Waals surface area contributed by atoms with Gasteiger partial charge >= 0.3 is 0 Å². The second kappa shape index (κ2) is 3.49. The van der Waals surface area contributed by atoms with Crippen molar-refractivity contribution in [1.82, 2.24) is 14.8 Å². The van der Waals surface area contributed by atoms with E-state index in [-0.39, 0.29) is 0 Å². The summed E-state index contributed by atoms with van der Waals surface area (Å²) in [6.45, 7) is 0.630. The minimum atomic E-state index is 0.630. The Morgan fingerprint density at radius 3 is 3.15 bits per heavy atom. The van der Waals surface area contributed by atoms with Crippen molar-refractivity contribution in [1.29, 1.82) is 0 Å². The van der Waals surface area contributed by atoms with E-state index >= 15 is 0 Å². The van der Waals surface area contributed by atoms with Gasteiger partial charge in [0.15, 0.2) is 6.29 Å². The predicted octanol–water partition coefficient (Wildman–Crippen LogP) is 1.20. The molecular weight excluding hydrogens is 186 g/mol. The molecule has 4 nitrogen and oxygen atoms in total. The van der Waals surface area contributed by atoms with E-state index in [9.17, 15) is 4.79 Å². The van der Waals surface area contributed by atoms with Gasteiger partial charge in [-0.05, 0) is 6.07 Å². The van der Waals surface area contributed by atoms with Crippen LogP contribution in [0.4, 0.5) is 0 Å². The predicted molar refractivity (Wildman–Crippen MR) is 48.8 cm³/mol. The van der Waals surface area contributed by atoms with E-state index in [2.05, 4.69) is 10.1 Å². The number of hydrogen-bond acceptors (Lipinski definition) is 4. The lowest BCUT2D eigenvalue weighted by Crippen LogP contribution is -1.98. The number of carbonyl (C=O) groups is 1. The van der Waals surface area contributed by atoms with Gasteiger partial charge in [-0.25, -0.2) is 4.98 Å². The highest BCUT2D eigenvalue weighted by Crippen LogP contribution is 2.11. The molecule has 2 aromatic rings. The Morgan fingerprint density at radius 2 is 2.54 bits per heavy atom. The van der Waals surface area contributed by atoms with E-state index in [4.69, 9.17) is 0 Å². The standard InChI is InChI=1S/C8H7N3OS/c12-6-7-4-9-8(13-7)5-11-3-1-2-10-11/h1-4,6H,5H2. The Hall–Kier alpha value is -1.49. The molecular formula is C8H7N3OS. The third kappa shape index (κ3) is 1.81. The topological polar surface area (TPSA) is 47.8 Å². The minimum Gasteiger partial charge on any atom is -0.297 e. The summed E-state index contributed by atoms with van der Waals surface area (Å²) in [5.41, 5.74) is 0. The molecule has 0 spiro atoms. The van der Waals surface area contributed by atoms with Crippen molar-refractivity contribution in [2.24, 2.45) is 0 Å². The van der Waals surface area contributed by atoms with E-state index in [0.717, 1.165) is 11.3 Å². The zero-order chi connectivity index (χ0) is 9.10. The van der Waals surface area contributed by atoms with Crippen molar-refractivity contribution < 1.29 is 4.79 Å². The van der Waals surface area contributed by atoms with Crippen LogP contribution in [-0.2, 0) is 6.54 Å². The summed E-state index contributed by atoms with van der Waals surface area (Å²) >= 11 is 1.39. The SMILES string of the molecule is O=Cc1cnc(Cn2cccn2)s1. The molecule has 13 heavy (non-hydrogen) atoms. The number of hydrogen-bond donors (Lipinski definition) is 0. The van der Waals surface area contributed by atoms with Gasteiger partial charge < -0.3 is 0 Å². The zero-order valence-electron chi connectivity index (χ0n) is 6.75. The first-order chi connectivity index (χ1) is 6.38. The average Bonchev–Trinajstić information content (AvgIpc) is 2.76. The van der Waals surface area contributed by atoms with Crippen molar-refractivity contribution >= 4 is 17.6 Å². The van der Waals surface area contributed by atoms with E-state index < -0.39 is 0 Å². The van der Waals surface area contributed by atoms with Crippen LogP contribution in [0.5, 0.6) is 0 Å². The number of thiazole rings is 1. The highest BCUT2D eigenvalue weighted by molar-refractivity contribution is 7.13. The van der Waals surface area contributed by atoms with Gasteiger partial charge in [0.25, 0.3) is 0 Å². The maximum absolute atomic E-state index is 10.4. The molecule has 2 aromatic heterocycles. The number of nitrogens with zero attached hydrogens (tertiary/aromatic N) is 3. The lowest BCUT2D eigenvalue weighted by Gasteiger charge is -1.94. The first kappa shape index (κ1) is 8.12. The van der Waals surface area contributed by atoms with Crippen molar-refractivity contribution in [3.63, 3.8) is 0 Å². The molecule has 0 saturated carbocycles. The lowest BCUT2D eigenvalue weighted by atomic mass is 10.6. The van der Waals surface area contributed by atoms with Gasteiger partial charge in [0, 0.05) is 18.6 Å². The lowest BCUT2D eigenvalue weighted by molar-refractivity contribution is 0.112. The summed E-state index contributed by atoms with van der Waals surface area (Å²) in [5, 5.41) is 4.94. The second-order valence-corrected chi connectivity index (χ2v) is 3.62. The van der Waals surface area contributed by atoms with Gasteiger partial charge in [0.1, 0.15) is 5.01 Å². The molecule has 0 saturated heterocycles. The summed E-state index contributed by atoms with van der Waals surface area (Å²) in [6.07, 6.45) is 5.97. The fourth-order valence-electron chi connectivity index (χ4n) is 0.985. The maximum atomic E-state index is 10.4. The summed E-state index contributed by atoms with van der Waals surface area (Å²) in [4.78, 5) is 15.1. The van der Waals surface area contributed by atoms with E-state index in [1.807, 2.05) is 12.3 Å². The first-order valence-electron chi connectivity index (χ1n) is 3.76. The Bertz CT molecular complexity index is 393. The summed E-state index contributed by atoms with van der Waals surface area (Å²) in [5.74, 6) is 0. The molecule has 0 aliphatic carbocycles. The second-order valence-electron chi connectivity index (χ2n) is 2.48.